The fraction of sp³-hybridized carbons (Fsp3) is 0.250. The summed E-state index contributed by atoms with van der Waals surface area (Å²) in [6.45, 7) is 3.31. The molecule has 3 heteroatoms. The lowest BCUT2D eigenvalue weighted by Crippen LogP contribution is -2.02. The average molecular weight is 257 g/mol. The van der Waals surface area contributed by atoms with Crippen LogP contribution in [0.4, 0.5) is 5.69 Å². The van der Waals surface area contributed by atoms with Crippen molar-refractivity contribution in [2.45, 2.75) is 13.3 Å². The summed E-state index contributed by atoms with van der Waals surface area (Å²) in [6, 6.07) is 15.5. The molecule has 0 saturated carbocycles. The van der Waals surface area contributed by atoms with Gasteiger partial charge in [0.15, 0.2) is 0 Å². The molecule has 3 nitrogen and oxygen atoms in total. The number of benzene rings is 2. The van der Waals surface area contributed by atoms with Crippen LogP contribution in [0.3, 0.4) is 0 Å². The van der Waals surface area contributed by atoms with Gasteiger partial charge in [-0.2, -0.15) is 0 Å². The molecule has 0 saturated heterocycles. The number of ether oxygens (including phenoxy) is 2. The lowest BCUT2D eigenvalue weighted by atomic mass is 10.1. The van der Waals surface area contributed by atoms with Crippen LogP contribution in [0.25, 0.3) is 0 Å². The van der Waals surface area contributed by atoms with E-state index in [2.05, 4.69) is 12.1 Å². The molecule has 0 amide bonds. The van der Waals surface area contributed by atoms with E-state index in [1.165, 1.54) is 5.56 Å². The van der Waals surface area contributed by atoms with Gasteiger partial charge in [0.05, 0.1) is 13.2 Å². The molecule has 0 heterocycles. The summed E-state index contributed by atoms with van der Waals surface area (Å²) in [5.74, 6) is 1.75. The van der Waals surface area contributed by atoms with Gasteiger partial charge in [-0.3, -0.25) is 0 Å². The van der Waals surface area contributed by atoms with Crippen molar-refractivity contribution >= 4 is 5.69 Å². The van der Waals surface area contributed by atoms with Gasteiger partial charge in [-0.25, -0.2) is 0 Å². The van der Waals surface area contributed by atoms with Crippen molar-refractivity contribution in [1.29, 1.82) is 0 Å². The van der Waals surface area contributed by atoms with E-state index in [0.717, 1.165) is 23.6 Å². The third-order valence-electron chi connectivity index (χ3n) is 2.75. The zero-order valence-corrected chi connectivity index (χ0v) is 11.1. The molecule has 0 aliphatic carbocycles. The van der Waals surface area contributed by atoms with E-state index in [1.807, 2.05) is 43.3 Å². The Kier molecular flexibility index (Phi) is 4.67. The zero-order valence-electron chi connectivity index (χ0n) is 11.1. The third-order valence-corrected chi connectivity index (χ3v) is 2.75. The third kappa shape index (κ3) is 4.21. The second kappa shape index (κ2) is 6.69. The van der Waals surface area contributed by atoms with Crippen molar-refractivity contribution in [1.82, 2.24) is 0 Å². The SMILES string of the molecule is CCOc1cccc(CCOc2ccc(N)cc2)c1. The molecule has 2 aromatic rings. The summed E-state index contributed by atoms with van der Waals surface area (Å²) < 4.78 is 11.1. The highest BCUT2D eigenvalue weighted by atomic mass is 16.5. The van der Waals surface area contributed by atoms with E-state index in [9.17, 15) is 0 Å². The molecule has 0 spiro atoms. The van der Waals surface area contributed by atoms with Crippen LogP contribution < -0.4 is 15.2 Å². The van der Waals surface area contributed by atoms with E-state index in [4.69, 9.17) is 15.2 Å². The highest BCUT2D eigenvalue weighted by molar-refractivity contribution is 5.41. The van der Waals surface area contributed by atoms with Gasteiger partial charge in [-0.1, -0.05) is 12.1 Å². The Morgan fingerprint density at radius 1 is 0.947 bits per heavy atom. The summed E-state index contributed by atoms with van der Waals surface area (Å²) in [7, 11) is 0. The van der Waals surface area contributed by atoms with E-state index < -0.39 is 0 Å². The van der Waals surface area contributed by atoms with Crippen LogP contribution in [0.2, 0.25) is 0 Å². The first kappa shape index (κ1) is 13.3. The minimum absolute atomic E-state index is 0.638. The number of hydrogen-bond acceptors (Lipinski definition) is 3. The number of rotatable bonds is 6. The van der Waals surface area contributed by atoms with Gasteiger partial charge in [-0.15, -0.1) is 0 Å². The molecular weight excluding hydrogens is 238 g/mol. The Morgan fingerprint density at radius 2 is 1.74 bits per heavy atom. The molecule has 2 rings (SSSR count). The Balaban J connectivity index is 1.85. The quantitative estimate of drug-likeness (QED) is 0.808. The highest BCUT2D eigenvalue weighted by Gasteiger charge is 1.98. The van der Waals surface area contributed by atoms with E-state index in [1.54, 1.807) is 0 Å². The molecule has 0 radical (unpaired) electrons. The number of nitrogen functional groups attached to an aromatic ring is 1. The lowest BCUT2D eigenvalue weighted by Gasteiger charge is -2.08. The summed E-state index contributed by atoms with van der Waals surface area (Å²) in [5, 5.41) is 0. The second-order valence-electron chi connectivity index (χ2n) is 4.25. The monoisotopic (exact) mass is 257 g/mol. The Labute approximate surface area is 114 Å². The summed E-state index contributed by atoms with van der Waals surface area (Å²) in [6.07, 6.45) is 0.852. The van der Waals surface area contributed by atoms with Crippen molar-refractivity contribution in [2.24, 2.45) is 0 Å². The van der Waals surface area contributed by atoms with Gasteiger partial charge >= 0.3 is 0 Å². The van der Waals surface area contributed by atoms with Crippen LogP contribution >= 0.6 is 0 Å². The maximum atomic E-state index is 5.67. The van der Waals surface area contributed by atoms with E-state index >= 15 is 0 Å². The predicted octanol–water partition coefficient (Wildman–Crippen LogP) is 3.29. The first-order chi connectivity index (χ1) is 9.28. The Hall–Kier alpha value is -2.16. The zero-order chi connectivity index (χ0) is 13.5. The largest absolute Gasteiger partial charge is 0.494 e. The van der Waals surface area contributed by atoms with Crippen molar-refractivity contribution in [3.8, 4) is 11.5 Å². The summed E-state index contributed by atoms with van der Waals surface area (Å²) >= 11 is 0. The fourth-order valence-corrected chi connectivity index (χ4v) is 1.81. The molecule has 0 unspecified atom stereocenters. The second-order valence-corrected chi connectivity index (χ2v) is 4.25. The normalized spacial score (nSPS) is 10.2. The highest BCUT2D eigenvalue weighted by Crippen LogP contribution is 2.16. The van der Waals surface area contributed by atoms with Crippen molar-refractivity contribution in [2.75, 3.05) is 18.9 Å². The standard InChI is InChI=1S/C16H19NO2/c1-2-18-16-5-3-4-13(12-16)10-11-19-15-8-6-14(17)7-9-15/h3-9,12H,2,10-11,17H2,1H3. The van der Waals surface area contributed by atoms with Crippen LogP contribution in [0.1, 0.15) is 12.5 Å². The van der Waals surface area contributed by atoms with Gasteiger partial charge in [-0.05, 0) is 48.9 Å². The van der Waals surface area contributed by atoms with Crippen LogP contribution in [0.5, 0.6) is 11.5 Å². The van der Waals surface area contributed by atoms with E-state index in [-0.39, 0.29) is 0 Å². The fourth-order valence-electron chi connectivity index (χ4n) is 1.81. The van der Waals surface area contributed by atoms with Gasteiger partial charge < -0.3 is 15.2 Å². The van der Waals surface area contributed by atoms with Crippen LogP contribution in [-0.4, -0.2) is 13.2 Å². The molecule has 2 N–H and O–H groups in total. The Morgan fingerprint density at radius 3 is 2.47 bits per heavy atom. The average Bonchev–Trinajstić information content (AvgIpc) is 2.42. The number of hydrogen-bond donors (Lipinski definition) is 1. The first-order valence-electron chi connectivity index (χ1n) is 6.48. The number of anilines is 1. The minimum atomic E-state index is 0.638. The van der Waals surface area contributed by atoms with Crippen molar-refractivity contribution in [3.63, 3.8) is 0 Å². The molecular formula is C16H19NO2. The summed E-state index contributed by atoms with van der Waals surface area (Å²) in [4.78, 5) is 0. The molecule has 2 aromatic carbocycles. The van der Waals surface area contributed by atoms with Gasteiger partial charge in [0.2, 0.25) is 0 Å². The Bertz CT molecular complexity index is 508. The van der Waals surface area contributed by atoms with E-state index in [0.29, 0.717) is 13.2 Å². The maximum absolute atomic E-state index is 5.67. The van der Waals surface area contributed by atoms with Crippen molar-refractivity contribution < 1.29 is 9.47 Å². The number of nitrogens with two attached hydrogens (primary N) is 1. The molecule has 19 heavy (non-hydrogen) atoms. The molecule has 100 valence electrons. The van der Waals surface area contributed by atoms with Crippen molar-refractivity contribution in [3.05, 3.63) is 54.1 Å². The smallest absolute Gasteiger partial charge is 0.119 e. The van der Waals surface area contributed by atoms with Gasteiger partial charge in [0.25, 0.3) is 0 Å². The topological polar surface area (TPSA) is 44.5 Å². The first-order valence-corrected chi connectivity index (χ1v) is 6.48. The van der Waals surface area contributed by atoms with Crippen LogP contribution in [0.15, 0.2) is 48.5 Å². The summed E-state index contributed by atoms with van der Waals surface area (Å²) in [5.41, 5.74) is 7.58. The van der Waals surface area contributed by atoms with Gasteiger partial charge in [0.1, 0.15) is 11.5 Å². The van der Waals surface area contributed by atoms with Gasteiger partial charge in [0, 0.05) is 12.1 Å². The molecule has 0 fully saturated rings. The molecule has 0 aliphatic heterocycles. The van der Waals surface area contributed by atoms with Crippen LogP contribution in [0, 0.1) is 0 Å². The molecule has 0 bridgehead atoms. The maximum Gasteiger partial charge on any atom is 0.119 e. The molecule has 0 atom stereocenters. The van der Waals surface area contributed by atoms with Crippen LogP contribution in [-0.2, 0) is 6.42 Å². The lowest BCUT2D eigenvalue weighted by molar-refractivity contribution is 0.320. The molecule has 0 aliphatic rings. The predicted molar refractivity (Wildman–Crippen MR) is 77.7 cm³/mol. The molecule has 0 aromatic heterocycles. The minimum Gasteiger partial charge on any atom is -0.494 e.